The Balaban J connectivity index is 2.02. The van der Waals surface area contributed by atoms with Crippen LogP contribution in [-0.2, 0) is 0 Å². The van der Waals surface area contributed by atoms with E-state index in [1.165, 1.54) is 38.5 Å². The third kappa shape index (κ3) is 8.72. The number of carbonyl (C=O) groups excluding carboxylic acids is 2. The Morgan fingerprint density at radius 2 is 1.42 bits per heavy atom. The number of allylic oxidation sites excluding steroid dienone is 4. The van der Waals surface area contributed by atoms with E-state index in [-0.39, 0.29) is 12.0 Å². The van der Waals surface area contributed by atoms with E-state index in [1.54, 1.807) is 6.08 Å². The third-order valence-electron chi connectivity index (χ3n) is 6.74. The lowest BCUT2D eigenvalue weighted by Gasteiger charge is -2.18. The molecule has 0 heterocycles. The molecule has 1 aromatic rings. The Bertz CT molecular complexity index is 1150. The number of rotatable bonds is 14. The minimum atomic E-state index is -2.89. The topological polar surface area (TPSA) is 34.1 Å². The molecular weight excluding hydrogens is 404 g/mol. The molecule has 1 aliphatic rings. The van der Waals surface area contributed by atoms with Gasteiger partial charge in [-0.05, 0) is 50.8 Å². The van der Waals surface area contributed by atoms with Gasteiger partial charge in [0.15, 0.2) is 11.6 Å². The first-order valence-electron chi connectivity index (χ1n) is 16.2. The summed E-state index contributed by atoms with van der Waals surface area (Å²) in [5.74, 6) is 0.321. The summed E-state index contributed by atoms with van der Waals surface area (Å²) in [7, 11) is 0. The lowest BCUT2D eigenvalue weighted by atomic mass is 9.83. The molecule has 0 aliphatic heterocycles. The lowest BCUT2D eigenvalue weighted by molar-refractivity contribution is 0.0973. The number of ketones is 2. The van der Waals surface area contributed by atoms with Gasteiger partial charge in [0.25, 0.3) is 0 Å². The number of carbonyl (C=O) groups is 2. The molecule has 2 nitrogen and oxygen atoms in total. The fourth-order valence-electron chi connectivity index (χ4n) is 4.46. The first kappa shape index (κ1) is 18.4. The van der Waals surface area contributed by atoms with E-state index in [4.69, 9.17) is 9.60 Å². The van der Waals surface area contributed by atoms with Crippen LogP contribution in [0.5, 0.6) is 0 Å². The van der Waals surface area contributed by atoms with Crippen LogP contribution in [0.1, 0.15) is 136 Å². The molecule has 2 heteroatoms. The largest absolute Gasteiger partial charge is 0.289 e. The van der Waals surface area contributed by atoms with Crippen molar-refractivity contribution in [3.05, 3.63) is 58.1 Å². The second kappa shape index (κ2) is 13.7. The maximum Gasteiger partial charge on any atom is 0.190 e. The van der Waals surface area contributed by atoms with Gasteiger partial charge in [0.05, 0.1) is 5.48 Å². The van der Waals surface area contributed by atoms with Gasteiger partial charge >= 0.3 is 0 Å². The van der Waals surface area contributed by atoms with Crippen molar-refractivity contribution in [2.45, 2.75) is 106 Å². The number of Topliss-reactive ketones (excluding diaryl/α,β-unsaturated/α-hetero) is 2. The fourth-order valence-corrected chi connectivity index (χ4v) is 4.46. The normalized spacial score (nSPS) is 19.8. The van der Waals surface area contributed by atoms with E-state index < -0.39 is 59.3 Å². The van der Waals surface area contributed by atoms with Crippen LogP contribution < -0.4 is 0 Å². The quantitative estimate of drug-likeness (QED) is 0.261. The zero-order chi connectivity index (χ0) is 30.4. The smallest absolute Gasteiger partial charge is 0.190 e. The Labute approximate surface area is 212 Å². The van der Waals surface area contributed by atoms with E-state index >= 15 is 0 Å². The third-order valence-corrected chi connectivity index (χ3v) is 6.74. The summed E-state index contributed by atoms with van der Waals surface area (Å²) < 4.78 is 55.7. The van der Waals surface area contributed by atoms with Crippen LogP contribution in [0, 0.1) is 17.8 Å². The molecular formula is C31H46O2. The van der Waals surface area contributed by atoms with Crippen molar-refractivity contribution in [2.75, 3.05) is 0 Å². The van der Waals surface area contributed by atoms with Crippen LogP contribution >= 0.6 is 0 Å². The van der Waals surface area contributed by atoms with Gasteiger partial charge in [-0.1, -0.05) is 108 Å². The summed E-state index contributed by atoms with van der Waals surface area (Å²) in [6.07, 6.45) is 12.2. The molecule has 2 atom stereocenters. The Morgan fingerprint density at radius 3 is 2.00 bits per heavy atom. The van der Waals surface area contributed by atoms with Crippen LogP contribution in [0.15, 0.2) is 47.0 Å². The Morgan fingerprint density at radius 1 is 0.879 bits per heavy atom. The van der Waals surface area contributed by atoms with Crippen molar-refractivity contribution in [2.24, 2.45) is 17.8 Å². The minimum Gasteiger partial charge on any atom is -0.289 e. The molecule has 1 aliphatic carbocycles. The number of fused-ring (bicyclic) bond motifs is 1. The van der Waals surface area contributed by atoms with Gasteiger partial charge in [-0.3, -0.25) is 9.59 Å². The number of benzene rings is 1. The summed E-state index contributed by atoms with van der Waals surface area (Å²) in [5, 5.41) is 0. The molecule has 33 heavy (non-hydrogen) atoms. The van der Waals surface area contributed by atoms with Crippen molar-refractivity contribution in [3.63, 3.8) is 0 Å². The van der Waals surface area contributed by atoms with Crippen molar-refractivity contribution < 1.29 is 19.2 Å². The monoisotopic (exact) mass is 457 g/mol. The van der Waals surface area contributed by atoms with E-state index in [0.717, 1.165) is 36.7 Å². The van der Waals surface area contributed by atoms with Gasteiger partial charge in [-0.2, -0.15) is 0 Å². The van der Waals surface area contributed by atoms with Crippen LogP contribution in [-0.4, -0.2) is 11.6 Å². The number of hydrogen-bond acceptors (Lipinski definition) is 2. The van der Waals surface area contributed by atoms with Crippen LogP contribution in [0.4, 0.5) is 0 Å². The summed E-state index contributed by atoms with van der Waals surface area (Å²) >= 11 is 0. The second-order valence-corrected chi connectivity index (χ2v) is 10.4. The molecule has 0 saturated heterocycles. The first-order valence-corrected chi connectivity index (χ1v) is 12.7. The SMILES string of the molecule is [2H]c1c([2H])c([2H])c2c(c1[2H])C(=O)C(CC=C(C)CCCC(C)CCCC(C)CCCC(C)C)=C(C([2H])([2H])[2H])C2=O. The highest BCUT2D eigenvalue weighted by molar-refractivity contribution is 6.26. The van der Waals surface area contributed by atoms with Crippen molar-refractivity contribution in [1.29, 1.82) is 0 Å². The van der Waals surface area contributed by atoms with E-state index in [9.17, 15) is 9.59 Å². The highest BCUT2D eigenvalue weighted by Gasteiger charge is 2.28. The van der Waals surface area contributed by atoms with Gasteiger partial charge in [0.1, 0.15) is 0 Å². The summed E-state index contributed by atoms with van der Waals surface area (Å²) in [6.45, 7) is 8.22. The molecule has 182 valence electrons. The van der Waals surface area contributed by atoms with Gasteiger partial charge in [-0.25, -0.2) is 0 Å². The van der Waals surface area contributed by atoms with Crippen LogP contribution in [0.25, 0.3) is 0 Å². The molecule has 0 bridgehead atoms. The van der Waals surface area contributed by atoms with Gasteiger partial charge < -0.3 is 0 Å². The molecule has 0 saturated carbocycles. The zero-order valence-electron chi connectivity index (χ0n) is 28.2. The Kier molecular flexibility index (Phi) is 7.62. The number of hydrogen-bond donors (Lipinski definition) is 0. The molecule has 0 N–H and O–H groups in total. The summed E-state index contributed by atoms with van der Waals surface area (Å²) in [4.78, 5) is 26.6. The van der Waals surface area contributed by atoms with E-state index in [1.807, 2.05) is 6.92 Å². The van der Waals surface area contributed by atoms with Gasteiger partial charge in [-0.15, -0.1) is 0 Å². The predicted molar refractivity (Wildman–Crippen MR) is 141 cm³/mol. The van der Waals surface area contributed by atoms with Gasteiger partial charge in [0, 0.05) is 26.4 Å². The minimum absolute atomic E-state index is 0.0729. The Hall–Kier alpha value is -1.96. The van der Waals surface area contributed by atoms with E-state index in [0.29, 0.717) is 5.92 Å². The summed E-state index contributed by atoms with van der Waals surface area (Å²) in [6, 6.07) is -2.59. The highest BCUT2D eigenvalue weighted by atomic mass is 16.1. The van der Waals surface area contributed by atoms with Crippen molar-refractivity contribution >= 4 is 11.6 Å². The van der Waals surface area contributed by atoms with Crippen molar-refractivity contribution in [3.8, 4) is 0 Å². The van der Waals surface area contributed by atoms with Crippen LogP contribution in [0.2, 0.25) is 0 Å². The molecule has 0 fully saturated rings. The molecule has 0 amide bonds. The highest BCUT2D eigenvalue weighted by Crippen LogP contribution is 2.29. The average Bonchev–Trinajstić information content (AvgIpc) is 2.85. The molecule has 0 radical (unpaired) electrons. The maximum atomic E-state index is 13.4. The van der Waals surface area contributed by atoms with E-state index in [2.05, 4.69) is 27.7 Å². The standard InChI is InChI=1S/C31H46O2/c1-22(2)12-9-13-23(3)14-10-15-24(4)16-11-17-25(5)20-21-27-26(6)30(32)28-18-7-8-19-29(28)31(27)33/h7-8,18-20,22-24H,9-17,21H2,1-6H3/i6D3,7D,8D,18D,19D. The first-order chi connectivity index (χ1) is 18.6. The van der Waals surface area contributed by atoms with Gasteiger partial charge in [0.2, 0.25) is 0 Å². The van der Waals surface area contributed by atoms with Crippen molar-refractivity contribution in [1.82, 2.24) is 0 Å². The fraction of sp³-hybridized carbons (Fsp3) is 0.613. The second-order valence-electron chi connectivity index (χ2n) is 10.4. The summed E-state index contributed by atoms with van der Waals surface area (Å²) in [5.41, 5.74) is -0.855. The average molecular weight is 458 g/mol. The molecule has 2 unspecified atom stereocenters. The molecule has 0 aromatic heterocycles. The van der Waals surface area contributed by atoms with Crippen LogP contribution in [0.3, 0.4) is 0 Å². The predicted octanol–water partition coefficient (Wildman–Crippen LogP) is 9.16. The molecule has 1 aromatic carbocycles. The zero-order valence-corrected chi connectivity index (χ0v) is 21.2. The maximum absolute atomic E-state index is 13.4. The molecule has 0 spiro atoms. The molecule has 2 rings (SSSR count). The lowest BCUT2D eigenvalue weighted by Crippen LogP contribution is -2.20.